The van der Waals surface area contributed by atoms with Gasteiger partial charge in [-0.2, -0.15) is 0 Å². The standard InChI is InChI=1S/C19H22O.C2H6/c1-14-10-11-16-17(13-19(20)18(16)12-14)15-8-6-4-2-3-5-7-9-15;1-2/h2,4,7,9-12,15,17H,3,5-6,8,13H2,1H3;1-2H3/b4-2-,9-7-;/t15?,17-;/m1./s1. The van der Waals surface area contributed by atoms with Gasteiger partial charge in [-0.15, -0.1) is 0 Å². The minimum Gasteiger partial charge on any atom is -0.294 e. The maximum Gasteiger partial charge on any atom is 0.163 e. The van der Waals surface area contributed by atoms with Crippen LogP contribution in [-0.4, -0.2) is 5.78 Å². The second-order valence-electron chi connectivity index (χ2n) is 6.04. The summed E-state index contributed by atoms with van der Waals surface area (Å²) in [5.74, 6) is 1.23. The number of carbonyl (C=O) groups excluding carboxylic acids is 1. The molecule has 0 fully saturated rings. The summed E-state index contributed by atoms with van der Waals surface area (Å²) in [6.07, 6.45) is 14.5. The summed E-state index contributed by atoms with van der Waals surface area (Å²) in [6.45, 7) is 6.06. The Labute approximate surface area is 135 Å². The number of Topliss-reactive ketones (excluding diaryl/α,β-unsaturated/α-hetero) is 1. The maximum atomic E-state index is 12.3. The van der Waals surface area contributed by atoms with E-state index in [2.05, 4.69) is 49.4 Å². The molecule has 1 aromatic carbocycles. The second-order valence-corrected chi connectivity index (χ2v) is 6.04. The molecule has 22 heavy (non-hydrogen) atoms. The molecule has 1 aromatic rings. The summed E-state index contributed by atoms with van der Waals surface area (Å²) in [6, 6.07) is 6.39. The van der Waals surface area contributed by atoms with E-state index >= 15 is 0 Å². The third kappa shape index (κ3) is 3.76. The van der Waals surface area contributed by atoms with Crippen LogP contribution in [-0.2, 0) is 0 Å². The van der Waals surface area contributed by atoms with Crippen molar-refractivity contribution < 1.29 is 4.79 Å². The lowest BCUT2D eigenvalue weighted by molar-refractivity contribution is 0.0984. The fourth-order valence-electron chi connectivity index (χ4n) is 3.46. The summed E-state index contributed by atoms with van der Waals surface area (Å²) in [5, 5.41) is 0. The summed E-state index contributed by atoms with van der Waals surface area (Å²) >= 11 is 0. The van der Waals surface area contributed by atoms with Crippen LogP contribution in [0.2, 0.25) is 0 Å². The maximum absolute atomic E-state index is 12.3. The zero-order valence-corrected chi connectivity index (χ0v) is 14.1. The lowest BCUT2D eigenvalue weighted by Crippen LogP contribution is -2.08. The van der Waals surface area contributed by atoms with Crippen LogP contribution in [0, 0.1) is 12.8 Å². The predicted octanol–water partition coefficient (Wildman–Crippen LogP) is 5.99. The largest absolute Gasteiger partial charge is 0.294 e. The fourth-order valence-corrected chi connectivity index (χ4v) is 3.46. The molecule has 1 unspecified atom stereocenters. The highest BCUT2D eigenvalue weighted by Gasteiger charge is 2.33. The topological polar surface area (TPSA) is 17.1 Å². The van der Waals surface area contributed by atoms with Crippen LogP contribution in [0.15, 0.2) is 42.5 Å². The third-order valence-corrected chi connectivity index (χ3v) is 4.55. The van der Waals surface area contributed by atoms with E-state index in [1.165, 1.54) is 11.1 Å². The first-order valence-electron chi connectivity index (χ1n) is 8.71. The lowest BCUT2D eigenvalue weighted by atomic mass is 9.83. The minimum absolute atomic E-state index is 0.331. The van der Waals surface area contributed by atoms with Crippen LogP contribution in [0.5, 0.6) is 0 Å². The Hall–Kier alpha value is -1.63. The molecule has 2 atom stereocenters. The van der Waals surface area contributed by atoms with Crippen molar-refractivity contribution >= 4 is 5.78 Å². The Kier molecular flexibility index (Phi) is 6.18. The average Bonchev–Trinajstić information content (AvgIpc) is 2.92. The number of allylic oxidation sites excluding steroid dienone is 4. The first-order valence-corrected chi connectivity index (χ1v) is 8.71. The van der Waals surface area contributed by atoms with E-state index in [-0.39, 0.29) is 0 Å². The summed E-state index contributed by atoms with van der Waals surface area (Å²) in [7, 11) is 0. The van der Waals surface area contributed by atoms with Crippen LogP contribution in [0.25, 0.3) is 0 Å². The molecule has 0 radical (unpaired) electrons. The summed E-state index contributed by atoms with van der Waals surface area (Å²) in [4.78, 5) is 12.3. The number of fused-ring (bicyclic) bond motifs is 1. The molecule has 2 aliphatic carbocycles. The Morgan fingerprint density at radius 2 is 1.73 bits per heavy atom. The molecule has 0 spiro atoms. The molecule has 0 aromatic heterocycles. The van der Waals surface area contributed by atoms with Crippen molar-refractivity contribution in [1.29, 1.82) is 0 Å². The van der Waals surface area contributed by atoms with Crippen molar-refractivity contribution in [3.63, 3.8) is 0 Å². The molecular formula is C21H28O. The van der Waals surface area contributed by atoms with Gasteiger partial charge in [-0.05, 0) is 56.1 Å². The van der Waals surface area contributed by atoms with Crippen LogP contribution in [0.4, 0.5) is 0 Å². The highest BCUT2D eigenvalue weighted by atomic mass is 16.1. The van der Waals surface area contributed by atoms with Crippen molar-refractivity contribution in [2.24, 2.45) is 5.92 Å². The molecule has 2 aliphatic rings. The predicted molar refractivity (Wildman–Crippen MR) is 94.5 cm³/mol. The Balaban J connectivity index is 0.000000847. The van der Waals surface area contributed by atoms with Gasteiger partial charge in [0.25, 0.3) is 0 Å². The van der Waals surface area contributed by atoms with Crippen molar-refractivity contribution in [2.45, 2.75) is 58.8 Å². The number of benzene rings is 1. The van der Waals surface area contributed by atoms with E-state index in [1.807, 2.05) is 13.8 Å². The molecule has 0 saturated heterocycles. The summed E-state index contributed by atoms with van der Waals surface area (Å²) in [5.41, 5.74) is 3.43. The van der Waals surface area contributed by atoms with E-state index in [0.717, 1.165) is 31.2 Å². The van der Waals surface area contributed by atoms with Gasteiger partial charge in [0.05, 0.1) is 0 Å². The van der Waals surface area contributed by atoms with Crippen molar-refractivity contribution in [1.82, 2.24) is 0 Å². The van der Waals surface area contributed by atoms with Gasteiger partial charge in [0, 0.05) is 12.0 Å². The molecule has 3 rings (SSSR count). The van der Waals surface area contributed by atoms with Gasteiger partial charge in [0.15, 0.2) is 5.78 Å². The molecule has 0 aliphatic heterocycles. The van der Waals surface area contributed by atoms with Gasteiger partial charge in [-0.1, -0.05) is 55.8 Å². The molecule has 0 heterocycles. The van der Waals surface area contributed by atoms with Crippen molar-refractivity contribution in [2.75, 3.05) is 0 Å². The first kappa shape index (κ1) is 16.7. The van der Waals surface area contributed by atoms with Crippen molar-refractivity contribution in [3.05, 3.63) is 59.2 Å². The van der Waals surface area contributed by atoms with Gasteiger partial charge in [0.1, 0.15) is 0 Å². The van der Waals surface area contributed by atoms with E-state index in [4.69, 9.17) is 0 Å². The molecule has 118 valence electrons. The van der Waals surface area contributed by atoms with E-state index in [0.29, 0.717) is 24.0 Å². The Bertz CT molecular complexity index is 565. The number of hydrogen-bond acceptors (Lipinski definition) is 1. The molecule has 1 heteroatoms. The summed E-state index contributed by atoms with van der Waals surface area (Å²) < 4.78 is 0. The SMILES string of the molecule is CC.Cc1ccc2c(c1)C(=O)C[C@@H]2C1/C=C\CC/C=C\CC1. The lowest BCUT2D eigenvalue weighted by Gasteiger charge is -2.20. The third-order valence-electron chi connectivity index (χ3n) is 4.55. The van der Waals surface area contributed by atoms with Gasteiger partial charge in [0.2, 0.25) is 0 Å². The number of aryl methyl sites for hydroxylation is 1. The number of carbonyl (C=O) groups is 1. The van der Waals surface area contributed by atoms with Crippen LogP contribution in [0.1, 0.15) is 73.4 Å². The molecule has 0 bridgehead atoms. The number of ketones is 1. The quantitative estimate of drug-likeness (QED) is 0.581. The van der Waals surface area contributed by atoms with Gasteiger partial charge in [-0.25, -0.2) is 0 Å². The zero-order valence-electron chi connectivity index (χ0n) is 14.1. The Morgan fingerprint density at radius 3 is 2.55 bits per heavy atom. The second kappa shape index (κ2) is 8.12. The molecule has 0 amide bonds. The number of rotatable bonds is 1. The normalized spacial score (nSPS) is 26.8. The smallest absolute Gasteiger partial charge is 0.163 e. The van der Waals surface area contributed by atoms with E-state index in [9.17, 15) is 4.79 Å². The zero-order chi connectivity index (χ0) is 15.9. The Morgan fingerprint density at radius 1 is 1.00 bits per heavy atom. The van der Waals surface area contributed by atoms with E-state index in [1.54, 1.807) is 0 Å². The van der Waals surface area contributed by atoms with Crippen LogP contribution >= 0.6 is 0 Å². The highest BCUT2D eigenvalue weighted by molar-refractivity contribution is 6.01. The van der Waals surface area contributed by atoms with Gasteiger partial charge < -0.3 is 0 Å². The average molecular weight is 296 g/mol. The van der Waals surface area contributed by atoms with Crippen molar-refractivity contribution in [3.8, 4) is 0 Å². The monoisotopic (exact) mass is 296 g/mol. The molecule has 0 N–H and O–H groups in total. The number of hydrogen-bond donors (Lipinski definition) is 0. The molecule has 0 saturated carbocycles. The minimum atomic E-state index is 0.331. The fraction of sp³-hybridized carbons (Fsp3) is 0.476. The molecular weight excluding hydrogens is 268 g/mol. The van der Waals surface area contributed by atoms with E-state index < -0.39 is 0 Å². The van der Waals surface area contributed by atoms with Gasteiger partial charge >= 0.3 is 0 Å². The first-order chi connectivity index (χ1) is 10.8. The van der Waals surface area contributed by atoms with Crippen LogP contribution in [0.3, 0.4) is 0 Å². The van der Waals surface area contributed by atoms with Gasteiger partial charge in [-0.3, -0.25) is 4.79 Å². The molecule has 1 nitrogen and oxygen atoms in total. The van der Waals surface area contributed by atoms with Crippen LogP contribution < -0.4 is 0 Å². The highest BCUT2D eigenvalue weighted by Crippen LogP contribution is 2.41.